The van der Waals surface area contributed by atoms with E-state index in [2.05, 4.69) is 5.32 Å². The zero-order valence-corrected chi connectivity index (χ0v) is 15.2. The van der Waals surface area contributed by atoms with Gasteiger partial charge in [0.2, 0.25) is 6.79 Å². The van der Waals surface area contributed by atoms with Gasteiger partial charge in [-0.05, 0) is 55.8 Å². The summed E-state index contributed by atoms with van der Waals surface area (Å²) >= 11 is 0. The van der Waals surface area contributed by atoms with E-state index in [0.717, 1.165) is 5.56 Å². The molecule has 0 bridgehead atoms. The molecule has 142 valence electrons. The number of amides is 1. The molecule has 0 spiro atoms. The van der Waals surface area contributed by atoms with Crippen LogP contribution in [0.15, 0.2) is 42.5 Å². The first-order valence-electron chi connectivity index (χ1n) is 8.67. The number of hydrogen-bond donors (Lipinski definition) is 1. The largest absolute Gasteiger partial charge is 0.494 e. The van der Waals surface area contributed by atoms with Crippen molar-refractivity contribution in [2.45, 2.75) is 26.5 Å². The topological polar surface area (TPSA) is 83.1 Å². The highest BCUT2D eigenvalue weighted by atomic mass is 16.7. The first-order valence-corrected chi connectivity index (χ1v) is 8.67. The van der Waals surface area contributed by atoms with Crippen LogP contribution in [0.1, 0.15) is 29.8 Å². The summed E-state index contributed by atoms with van der Waals surface area (Å²) in [5.74, 6) is 1.05. The Kier molecular flexibility index (Phi) is 5.80. The van der Waals surface area contributed by atoms with E-state index in [1.54, 1.807) is 36.4 Å². The first kappa shape index (κ1) is 18.6. The van der Waals surface area contributed by atoms with Gasteiger partial charge in [-0.1, -0.05) is 6.07 Å². The van der Waals surface area contributed by atoms with Gasteiger partial charge in [0.05, 0.1) is 12.2 Å². The van der Waals surface area contributed by atoms with Crippen molar-refractivity contribution >= 4 is 11.9 Å². The zero-order chi connectivity index (χ0) is 19.2. The highest BCUT2D eigenvalue weighted by Gasteiger charge is 2.19. The maximum atomic E-state index is 12.2. The smallest absolute Gasteiger partial charge is 0.338 e. The van der Waals surface area contributed by atoms with Crippen LogP contribution in [0.2, 0.25) is 0 Å². The molecule has 0 aliphatic carbocycles. The van der Waals surface area contributed by atoms with E-state index in [4.69, 9.17) is 18.9 Å². The van der Waals surface area contributed by atoms with Gasteiger partial charge in [0.1, 0.15) is 5.75 Å². The third-order valence-corrected chi connectivity index (χ3v) is 3.96. The van der Waals surface area contributed by atoms with Crippen LogP contribution in [0.5, 0.6) is 17.2 Å². The quantitative estimate of drug-likeness (QED) is 0.754. The average molecular weight is 371 g/mol. The Morgan fingerprint density at radius 2 is 1.85 bits per heavy atom. The fourth-order valence-corrected chi connectivity index (χ4v) is 2.52. The molecule has 1 atom stereocenters. The Labute approximate surface area is 157 Å². The summed E-state index contributed by atoms with van der Waals surface area (Å²) in [6.45, 7) is 4.45. The van der Waals surface area contributed by atoms with Crippen LogP contribution >= 0.6 is 0 Å². The molecule has 1 N–H and O–H groups in total. The van der Waals surface area contributed by atoms with Gasteiger partial charge >= 0.3 is 5.97 Å². The van der Waals surface area contributed by atoms with E-state index in [1.165, 1.54) is 6.92 Å². The van der Waals surface area contributed by atoms with Gasteiger partial charge in [-0.25, -0.2) is 4.79 Å². The fraction of sp³-hybridized carbons (Fsp3) is 0.300. The Balaban J connectivity index is 1.50. The van der Waals surface area contributed by atoms with E-state index in [1.807, 2.05) is 13.0 Å². The summed E-state index contributed by atoms with van der Waals surface area (Å²) in [5, 5.41) is 2.74. The number of nitrogens with one attached hydrogen (secondary N) is 1. The average Bonchev–Trinajstić information content (AvgIpc) is 3.14. The highest BCUT2D eigenvalue weighted by molar-refractivity contribution is 5.92. The highest BCUT2D eigenvalue weighted by Crippen LogP contribution is 2.32. The minimum absolute atomic E-state index is 0.198. The van der Waals surface area contributed by atoms with Crippen LogP contribution in [-0.2, 0) is 16.1 Å². The SMILES string of the molecule is CCOc1ccc(C(=O)O[C@H](C)C(=O)NCc2ccc3c(c2)OCO3)cc1. The van der Waals surface area contributed by atoms with Gasteiger partial charge in [-0.3, -0.25) is 4.79 Å². The summed E-state index contributed by atoms with van der Waals surface area (Å²) < 4.78 is 21.1. The number of fused-ring (bicyclic) bond motifs is 1. The predicted molar refractivity (Wildman–Crippen MR) is 96.9 cm³/mol. The van der Waals surface area contributed by atoms with Crippen LogP contribution in [0.4, 0.5) is 0 Å². The maximum absolute atomic E-state index is 12.2. The summed E-state index contributed by atoms with van der Waals surface area (Å²) in [6.07, 6.45) is -0.918. The Bertz CT molecular complexity index is 818. The van der Waals surface area contributed by atoms with Gasteiger partial charge in [0, 0.05) is 6.54 Å². The van der Waals surface area contributed by atoms with E-state index in [9.17, 15) is 9.59 Å². The monoisotopic (exact) mass is 371 g/mol. The Morgan fingerprint density at radius 3 is 2.59 bits per heavy atom. The number of esters is 1. The number of carbonyl (C=O) groups is 2. The van der Waals surface area contributed by atoms with Crippen molar-refractivity contribution in [3.63, 3.8) is 0 Å². The molecule has 2 aromatic carbocycles. The van der Waals surface area contributed by atoms with Crippen molar-refractivity contribution in [3.8, 4) is 17.2 Å². The third-order valence-electron chi connectivity index (χ3n) is 3.96. The van der Waals surface area contributed by atoms with Crippen LogP contribution in [0, 0.1) is 0 Å². The van der Waals surface area contributed by atoms with Crippen molar-refractivity contribution in [2.24, 2.45) is 0 Å². The third kappa shape index (κ3) is 4.69. The number of carbonyl (C=O) groups excluding carboxylic acids is 2. The molecule has 0 unspecified atom stereocenters. The van der Waals surface area contributed by atoms with Crippen LogP contribution < -0.4 is 19.5 Å². The maximum Gasteiger partial charge on any atom is 0.338 e. The van der Waals surface area contributed by atoms with E-state index < -0.39 is 12.1 Å². The van der Waals surface area contributed by atoms with Gasteiger partial charge in [-0.15, -0.1) is 0 Å². The van der Waals surface area contributed by atoms with Crippen LogP contribution in [0.25, 0.3) is 0 Å². The van der Waals surface area contributed by atoms with Gasteiger partial charge in [0.15, 0.2) is 17.6 Å². The van der Waals surface area contributed by atoms with Crippen molar-refractivity contribution in [3.05, 3.63) is 53.6 Å². The molecule has 0 aromatic heterocycles. The molecule has 3 rings (SSSR count). The Morgan fingerprint density at radius 1 is 1.11 bits per heavy atom. The summed E-state index contributed by atoms with van der Waals surface area (Å²) in [6, 6.07) is 12.0. The minimum atomic E-state index is -0.918. The van der Waals surface area contributed by atoms with Gasteiger partial charge in [0.25, 0.3) is 5.91 Å². The molecule has 0 fully saturated rings. The minimum Gasteiger partial charge on any atom is -0.494 e. The van der Waals surface area contributed by atoms with Gasteiger partial charge < -0.3 is 24.3 Å². The molecule has 1 aliphatic heterocycles. The lowest BCUT2D eigenvalue weighted by molar-refractivity contribution is -0.129. The lowest BCUT2D eigenvalue weighted by Gasteiger charge is -2.14. The normalized spacial score (nSPS) is 13.0. The summed E-state index contributed by atoms with van der Waals surface area (Å²) in [5.41, 5.74) is 1.21. The molecule has 0 saturated carbocycles. The summed E-state index contributed by atoms with van der Waals surface area (Å²) in [4.78, 5) is 24.3. The van der Waals surface area contributed by atoms with E-state index in [-0.39, 0.29) is 12.7 Å². The first-order chi connectivity index (χ1) is 13.1. The fourth-order valence-electron chi connectivity index (χ4n) is 2.52. The molecule has 1 heterocycles. The van der Waals surface area contributed by atoms with Crippen molar-refractivity contribution in [2.75, 3.05) is 13.4 Å². The van der Waals surface area contributed by atoms with E-state index >= 15 is 0 Å². The number of hydrogen-bond acceptors (Lipinski definition) is 6. The molecule has 0 radical (unpaired) electrons. The number of ether oxygens (including phenoxy) is 4. The molecule has 0 saturated heterocycles. The second kappa shape index (κ2) is 8.44. The standard InChI is InChI=1S/C20H21NO6/c1-3-24-16-7-5-15(6-8-16)20(23)27-13(2)19(22)21-11-14-4-9-17-18(10-14)26-12-25-17/h4-10,13H,3,11-12H2,1-2H3,(H,21,22)/t13-/m1/s1. The van der Waals surface area contributed by atoms with Crippen molar-refractivity contribution < 1.29 is 28.5 Å². The van der Waals surface area contributed by atoms with Gasteiger partial charge in [-0.2, -0.15) is 0 Å². The molecule has 27 heavy (non-hydrogen) atoms. The number of benzene rings is 2. The molecule has 7 heteroatoms. The molecule has 2 aromatic rings. The lowest BCUT2D eigenvalue weighted by Crippen LogP contribution is -2.35. The number of rotatable bonds is 7. The van der Waals surface area contributed by atoms with Crippen molar-refractivity contribution in [1.29, 1.82) is 0 Å². The van der Waals surface area contributed by atoms with Crippen molar-refractivity contribution in [1.82, 2.24) is 5.32 Å². The second-order valence-corrected chi connectivity index (χ2v) is 5.91. The molecule has 7 nitrogen and oxygen atoms in total. The molecule has 1 aliphatic rings. The lowest BCUT2D eigenvalue weighted by atomic mass is 10.2. The van der Waals surface area contributed by atoms with E-state index in [0.29, 0.717) is 36.0 Å². The van der Waals surface area contributed by atoms with Crippen LogP contribution in [0.3, 0.4) is 0 Å². The molecular weight excluding hydrogens is 350 g/mol. The molecular formula is C20H21NO6. The van der Waals surface area contributed by atoms with Crippen LogP contribution in [-0.4, -0.2) is 31.4 Å². The summed E-state index contributed by atoms with van der Waals surface area (Å²) in [7, 11) is 0. The Hall–Kier alpha value is -3.22. The second-order valence-electron chi connectivity index (χ2n) is 5.91. The molecule has 1 amide bonds. The predicted octanol–water partition coefficient (Wildman–Crippen LogP) is 2.68. The zero-order valence-electron chi connectivity index (χ0n) is 15.2.